The smallest absolute Gasteiger partial charge is 0.275 e. The third-order valence-electron chi connectivity index (χ3n) is 3.32. The Balaban J connectivity index is 1.75. The summed E-state index contributed by atoms with van der Waals surface area (Å²) in [6, 6.07) is 8.80. The highest BCUT2D eigenvalue weighted by molar-refractivity contribution is 6.38. The van der Waals surface area contributed by atoms with Gasteiger partial charge in [-0.3, -0.25) is 14.9 Å². The number of fused-ring (bicyclic) bond motifs is 1. The monoisotopic (exact) mass is 377 g/mol. The first kappa shape index (κ1) is 16.9. The lowest BCUT2D eigenvalue weighted by molar-refractivity contribution is -0.384. The zero-order chi connectivity index (χ0) is 18.0. The number of nitro groups is 1. The first-order valence-electron chi connectivity index (χ1n) is 6.90. The highest BCUT2D eigenvalue weighted by Gasteiger charge is 2.16. The average molecular weight is 378 g/mol. The molecule has 9 heteroatoms. The predicted molar refractivity (Wildman–Crippen MR) is 94.4 cm³/mol. The van der Waals surface area contributed by atoms with E-state index in [4.69, 9.17) is 27.6 Å². The largest absolute Gasteiger partial charge is 0.462 e. The highest BCUT2D eigenvalue weighted by atomic mass is 35.5. The lowest BCUT2D eigenvalue weighted by Crippen LogP contribution is -2.17. The summed E-state index contributed by atoms with van der Waals surface area (Å²) in [6.45, 7) is 0. The number of amides is 1. The van der Waals surface area contributed by atoms with Crippen molar-refractivity contribution in [3.8, 4) is 0 Å². The molecule has 0 bridgehead atoms. The Kier molecular flexibility index (Phi) is 4.69. The number of benzene rings is 2. The molecule has 1 heterocycles. The average Bonchev–Trinajstić information content (AvgIpc) is 2.99. The van der Waals surface area contributed by atoms with Crippen LogP contribution in [0, 0.1) is 10.1 Å². The second-order valence-corrected chi connectivity index (χ2v) is 5.81. The van der Waals surface area contributed by atoms with Gasteiger partial charge in [-0.15, -0.1) is 0 Å². The number of carbonyl (C=O) groups is 1. The first-order chi connectivity index (χ1) is 12.0. The molecule has 1 aromatic heterocycles. The second kappa shape index (κ2) is 6.92. The molecule has 0 radical (unpaired) electrons. The van der Waals surface area contributed by atoms with Crippen LogP contribution >= 0.6 is 23.2 Å². The van der Waals surface area contributed by atoms with Crippen molar-refractivity contribution in [1.82, 2.24) is 5.43 Å². The Morgan fingerprint density at radius 2 is 1.96 bits per heavy atom. The van der Waals surface area contributed by atoms with Crippen molar-refractivity contribution in [3.05, 3.63) is 73.9 Å². The van der Waals surface area contributed by atoms with E-state index in [9.17, 15) is 14.9 Å². The van der Waals surface area contributed by atoms with Crippen LogP contribution < -0.4 is 5.43 Å². The maximum absolute atomic E-state index is 12.2. The van der Waals surface area contributed by atoms with Crippen molar-refractivity contribution < 1.29 is 14.1 Å². The topological polar surface area (TPSA) is 97.7 Å². The Bertz CT molecular complexity index is 997. The van der Waals surface area contributed by atoms with Gasteiger partial charge in [-0.05, 0) is 29.8 Å². The summed E-state index contributed by atoms with van der Waals surface area (Å²) in [7, 11) is 0. The predicted octanol–water partition coefficient (Wildman–Crippen LogP) is 4.41. The third-order valence-corrected chi connectivity index (χ3v) is 3.82. The fraction of sp³-hybridized carbons (Fsp3) is 0. The quantitative estimate of drug-likeness (QED) is 0.413. The maximum Gasteiger partial charge on any atom is 0.275 e. The van der Waals surface area contributed by atoms with E-state index in [1.165, 1.54) is 42.8 Å². The minimum Gasteiger partial charge on any atom is -0.462 e. The Morgan fingerprint density at radius 3 is 2.64 bits per heavy atom. The molecule has 7 nitrogen and oxygen atoms in total. The summed E-state index contributed by atoms with van der Waals surface area (Å²) in [5.41, 5.74) is 3.51. The van der Waals surface area contributed by atoms with Crippen LogP contribution in [0.2, 0.25) is 10.0 Å². The summed E-state index contributed by atoms with van der Waals surface area (Å²) in [6.07, 6.45) is 2.63. The van der Waals surface area contributed by atoms with E-state index >= 15 is 0 Å². The van der Waals surface area contributed by atoms with Gasteiger partial charge in [-0.2, -0.15) is 5.10 Å². The molecule has 3 rings (SSSR count). The summed E-state index contributed by atoms with van der Waals surface area (Å²) in [4.78, 5) is 22.3. The van der Waals surface area contributed by atoms with E-state index in [0.717, 1.165) is 0 Å². The molecule has 0 aliphatic heterocycles. The molecule has 25 heavy (non-hydrogen) atoms. The van der Waals surface area contributed by atoms with Crippen molar-refractivity contribution in [3.63, 3.8) is 0 Å². The first-order valence-corrected chi connectivity index (χ1v) is 7.65. The van der Waals surface area contributed by atoms with E-state index in [1.54, 1.807) is 6.07 Å². The van der Waals surface area contributed by atoms with E-state index in [2.05, 4.69) is 10.5 Å². The standard InChI is InChI=1S/C16H9Cl2N3O4/c17-10-5-12-13(8-25-15(12)14(18)6-10)16(22)20-19-7-9-1-3-11(4-2-9)21(23)24/h1-8H,(H,20,22)/b19-7+. The zero-order valence-electron chi connectivity index (χ0n) is 12.4. The van der Waals surface area contributed by atoms with Crippen LogP contribution in [-0.4, -0.2) is 17.0 Å². The summed E-state index contributed by atoms with van der Waals surface area (Å²) in [5.74, 6) is -0.504. The van der Waals surface area contributed by atoms with Crippen molar-refractivity contribution in [1.29, 1.82) is 0 Å². The number of nitrogens with one attached hydrogen (secondary N) is 1. The van der Waals surface area contributed by atoms with E-state index < -0.39 is 10.8 Å². The van der Waals surface area contributed by atoms with Crippen LogP contribution in [0.25, 0.3) is 11.0 Å². The number of furan rings is 1. The number of rotatable bonds is 4. The molecule has 0 aliphatic rings. The number of hydrazone groups is 1. The third kappa shape index (κ3) is 3.62. The minimum absolute atomic E-state index is 0.0280. The van der Waals surface area contributed by atoms with Crippen LogP contribution in [0.4, 0.5) is 5.69 Å². The lowest BCUT2D eigenvalue weighted by Gasteiger charge is -1.99. The van der Waals surface area contributed by atoms with Crippen LogP contribution in [0.1, 0.15) is 15.9 Å². The minimum atomic E-state index is -0.504. The van der Waals surface area contributed by atoms with Crippen molar-refractivity contribution in [2.24, 2.45) is 5.10 Å². The van der Waals surface area contributed by atoms with Gasteiger partial charge < -0.3 is 4.42 Å². The van der Waals surface area contributed by atoms with Crippen molar-refractivity contribution >= 4 is 52.0 Å². The van der Waals surface area contributed by atoms with Gasteiger partial charge in [0.1, 0.15) is 6.26 Å². The molecule has 0 saturated carbocycles. The van der Waals surface area contributed by atoms with Crippen LogP contribution in [-0.2, 0) is 0 Å². The number of nitro benzene ring substituents is 1. The van der Waals surface area contributed by atoms with E-state index in [0.29, 0.717) is 26.6 Å². The number of hydrogen-bond donors (Lipinski definition) is 1. The van der Waals surface area contributed by atoms with Gasteiger partial charge in [-0.1, -0.05) is 23.2 Å². The summed E-state index contributed by atoms with van der Waals surface area (Å²) < 4.78 is 5.29. The molecule has 0 unspecified atom stereocenters. The summed E-state index contributed by atoms with van der Waals surface area (Å²) in [5, 5.41) is 15.6. The van der Waals surface area contributed by atoms with E-state index in [1.807, 2.05) is 0 Å². The van der Waals surface area contributed by atoms with Gasteiger partial charge in [0.05, 0.1) is 21.7 Å². The number of carbonyl (C=O) groups excluding carboxylic acids is 1. The Morgan fingerprint density at radius 1 is 1.24 bits per heavy atom. The van der Waals surface area contributed by atoms with E-state index in [-0.39, 0.29) is 11.3 Å². The highest BCUT2D eigenvalue weighted by Crippen LogP contribution is 2.31. The number of hydrogen-bond acceptors (Lipinski definition) is 5. The van der Waals surface area contributed by atoms with Crippen LogP contribution in [0.15, 0.2) is 52.2 Å². The molecule has 126 valence electrons. The van der Waals surface area contributed by atoms with Crippen LogP contribution in [0.5, 0.6) is 0 Å². The maximum atomic E-state index is 12.2. The Hall–Kier alpha value is -2.90. The molecule has 3 aromatic rings. The molecule has 0 saturated heterocycles. The van der Waals surface area contributed by atoms with Crippen molar-refractivity contribution in [2.75, 3.05) is 0 Å². The Labute approximate surface area is 151 Å². The number of non-ortho nitro benzene ring substituents is 1. The van der Waals surface area contributed by atoms with Gasteiger partial charge >= 0.3 is 0 Å². The molecule has 1 amide bonds. The fourth-order valence-electron chi connectivity index (χ4n) is 2.15. The molecule has 0 aliphatic carbocycles. The molecule has 2 aromatic carbocycles. The molecule has 0 fully saturated rings. The molecular weight excluding hydrogens is 369 g/mol. The lowest BCUT2D eigenvalue weighted by atomic mass is 10.1. The van der Waals surface area contributed by atoms with Crippen molar-refractivity contribution in [2.45, 2.75) is 0 Å². The van der Waals surface area contributed by atoms with Gasteiger partial charge in [0, 0.05) is 22.5 Å². The molecular formula is C16H9Cl2N3O4. The van der Waals surface area contributed by atoms with Crippen LogP contribution in [0.3, 0.4) is 0 Å². The fourth-order valence-corrected chi connectivity index (χ4v) is 2.68. The zero-order valence-corrected chi connectivity index (χ0v) is 13.9. The SMILES string of the molecule is O=C(N/N=C/c1ccc([N+](=O)[O-])cc1)c1coc2c(Cl)cc(Cl)cc12. The summed E-state index contributed by atoms with van der Waals surface area (Å²) >= 11 is 12.0. The normalized spacial score (nSPS) is 11.1. The molecule has 1 N–H and O–H groups in total. The molecule has 0 spiro atoms. The number of halogens is 2. The van der Waals surface area contributed by atoms with Gasteiger partial charge in [-0.25, -0.2) is 5.43 Å². The van der Waals surface area contributed by atoms with Gasteiger partial charge in [0.25, 0.3) is 11.6 Å². The number of nitrogens with zero attached hydrogens (tertiary/aromatic N) is 2. The second-order valence-electron chi connectivity index (χ2n) is 4.96. The molecule has 0 atom stereocenters. The van der Waals surface area contributed by atoms with Gasteiger partial charge in [0.2, 0.25) is 0 Å². The van der Waals surface area contributed by atoms with Gasteiger partial charge in [0.15, 0.2) is 5.58 Å².